The molecule has 0 aliphatic carbocycles. The summed E-state index contributed by atoms with van der Waals surface area (Å²) in [6.07, 6.45) is 2.56. The van der Waals surface area contributed by atoms with E-state index in [9.17, 15) is 19.5 Å². The molecule has 1 saturated heterocycles. The lowest BCUT2D eigenvalue weighted by Crippen LogP contribution is -2.46. The van der Waals surface area contributed by atoms with Crippen molar-refractivity contribution in [1.29, 1.82) is 0 Å². The first-order valence-electron chi connectivity index (χ1n) is 13.6. The minimum atomic E-state index is -1.36. The zero-order valence-electron chi connectivity index (χ0n) is 23.6. The van der Waals surface area contributed by atoms with Crippen LogP contribution in [0.25, 0.3) is 11.0 Å². The smallest absolute Gasteiger partial charge is 0.408 e. The number of hydrogen-bond acceptors (Lipinski definition) is 8. The molecule has 5 rings (SSSR count). The molecule has 1 fully saturated rings. The number of piperidine rings is 1. The molecular formula is C29H35Cl2N7O5. The van der Waals surface area contributed by atoms with Crippen LogP contribution in [0.1, 0.15) is 24.0 Å². The van der Waals surface area contributed by atoms with Gasteiger partial charge in [0.05, 0.1) is 17.6 Å². The number of imidazole rings is 1. The summed E-state index contributed by atoms with van der Waals surface area (Å²) in [7, 11) is 0. The van der Waals surface area contributed by atoms with E-state index in [2.05, 4.69) is 30.5 Å². The second-order valence-corrected chi connectivity index (χ2v) is 10.2. The molecule has 12 nitrogen and oxygen atoms in total. The summed E-state index contributed by atoms with van der Waals surface area (Å²) in [6, 6.07) is 15.6. The number of aliphatic carboxylic acids is 1. The second-order valence-electron chi connectivity index (χ2n) is 10.2. The van der Waals surface area contributed by atoms with Gasteiger partial charge in [-0.1, -0.05) is 42.5 Å². The molecule has 3 heterocycles. The first kappa shape index (κ1) is 33.2. The number of benzene rings is 2. The molecule has 230 valence electrons. The topological polar surface area (TPSA) is 154 Å². The fraction of sp³-hybridized carbons (Fsp3) is 0.345. The van der Waals surface area contributed by atoms with E-state index in [-0.39, 0.29) is 38.0 Å². The summed E-state index contributed by atoms with van der Waals surface area (Å²) < 4.78 is 6.34. The Kier molecular flexibility index (Phi) is 11.8. The van der Waals surface area contributed by atoms with Crippen molar-refractivity contribution in [3.8, 4) is 0 Å². The van der Waals surface area contributed by atoms with Crippen LogP contribution in [-0.2, 0) is 22.7 Å². The van der Waals surface area contributed by atoms with E-state index in [4.69, 9.17) is 4.74 Å². The predicted octanol–water partition coefficient (Wildman–Crippen LogP) is 3.98. The van der Waals surface area contributed by atoms with E-state index in [1.54, 1.807) is 18.3 Å². The minimum absolute atomic E-state index is 0. The monoisotopic (exact) mass is 631 g/mol. The first-order chi connectivity index (χ1) is 19.9. The van der Waals surface area contributed by atoms with E-state index >= 15 is 0 Å². The molecule has 4 aromatic rings. The van der Waals surface area contributed by atoms with E-state index in [0.717, 1.165) is 60.6 Å². The number of halogens is 2. The lowest BCUT2D eigenvalue weighted by molar-refractivity contribution is -0.139. The van der Waals surface area contributed by atoms with Gasteiger partial charge in [-0.25, -0.2) is 19.4 Å². The number of anilines is 2. The van der Waals surface area contributed by atoms with Crippen LogP contribution >= 0.6 is 24.8 Å². The van der Waals surface area contributed by atoms with Crippen LogP contribution in [0.5, 0.6) is 0 Å². The number of nitrogens with one attached hydrogen (secondary N) is 3. The van der Waals surface area contributed by atoms with Crippen LogP contribution in [0.4, 0.5) is 16.6 Å². The number of alkyl carbamates (subject to hydrolysis) is 1. The van der Waals surface area contributed by atoms with Gasteiger partial charge in [-0.15, -0.1) is 24.8 Å². The number of amides is 1. The number of aryl methyl sites for hydroxylation is 1. The van der Waals surface area contributed by atoms with Gasteiger partial charge in [0.1, 0.15) is 18.5 Å². The van der Waals surface area contributed by atoms with Gasteiger partial charge < -0.3 is 30.4 Å². The molecule has 0 bridgehead atoms. The van der Waals surface area contributed by atoms with Crippen LogP contribution < -0.4 is 21.2 Å². The van der Waals surface area contributed by atoms with Crippen molar-refractivity contribution >= 4 is 59.7 Å². The van der Waals surface area contributed by atoms with Gasteiger partial charge >= 0.3 is 17.8 Å². The first-order valence-corrected chi connectivity index (χ1v) is 13.6. The van der Waals surface area contributed by atoms with E-state index < -0.39 is 23.8 Å². The normalized spacial score (nSPS) is 13.8. The maximum atomic E-state index is 12.9. The van der Waals surface area contributed by atoms with Gasteiger partial charge in [0.15, 0.2) is 0 Å². The van der Waals surface area contributed by atoms with Crippen LogP contribution in [0.15, 0.2) is 65.6 Å². The van der Waals surface area contributed by atoms with Gasteiger partial charge in [-0.2, -0.15) is 4.98 Å². The maximum absolute atomic E-state index is 12.9. The summed E-state index contributed by atoms with van der Waals surface area (Å²) in [5.41, 5.74) is 2.86. The van der Waals surface area contributed by atoms with Crippen LogP contribution in [0, 0.1) is 12.8 Å². The number of nitrogens with zero attached hydrogens (tertiary/aromatic N) is 4. The standard InChI is InChI=1S/C29H33N7O5.2ClH/c1-19-16-36(17-24(26(37)38)33-29(40)41-18-21-7-3-2-4-8-21)28(39)34-25(19)35-13-11-20(12-14-35)15-30-27-31-22-9-5-6-10-23(22)32-27;;/h2-10,16,20,24H,11-15,17-18H2,1H3,(H,33,40)(H,37,38)(H2,30,31,32);2*1H/t24-;;/m0../s1. The van der Waals surface area contributed by atoms with E-state index in [1.165, 1.54) is 4.57 Å². The van der Waals surface area contributed by atoms with Crippen molar-refractivity contribution in [2.45, 2.75) is 39.0 Å². The molecule has 43 heavy (non-hydrogen) atoms. The summed E-state index contributed by atoms with van der Waals surface area (Å²) in [4.78, 5) is 51.1. The molecule has 2 aromatic carbocycles. The summed E-state index contributed by atoms with van der Waals surface area (Å²) in [6.45, 7) is 3.84. The van der Waals surface area contributed by atoms with Crippen LogP contribution in [-0.4, -0.2) is 62.4 Å². The van der Waals surface area contributed by atoms with Crippen molar-refractivity contribution < 1.29 is 19.4 Å². The lowest BCUT2D eigenvalue weighted by atomic mass is 9.96. The molecule has 1 amide bonds. The number of carbonyl (C=O) groups is 2. The Balaban J connectivity index is 0.00000253. The fourth-order valence-corrected chi connectivity index (χ4v) is 4.96. The maximum Gasteiger partial charge on any atom is 0.408 e. The molecular weight excluding hydrogens is 597 g/mol. The quantitative estimate of drug-likeness (QED) is 0.203. The van der Waals surface area contributed by atoms with Gasteiger partial charge in [-0.3, -0.25) is 4.57 Å². The van der Waals surface area contributed by atoms with Gasteiger partial charge in [-0.05, 0) is 43.4 Å². The molecule has 0 unspecified atom stereocenters. The highest BCUT2D eigenvalue weighted by molar-refractivity contribution is 5.85. The van der Waals surface area contributed by atoms with Crippen LogP contribution in [0.2, 0.25) is 0 Å². The third-order valence-corrected chi connectivity index (χ3v) is 7.19. The fourth-order valence-electron chi connectivity index (χ4n) is 4.96. The van der Waals surface area contributed by atoms with Gasteiger partial charge in [0.25, 0.3) is 0 Å². The third kappa shape index (κ3) is 8.62. The zero-order valence-corrected chi connectivity index (χ0v) is 25.2. The average Bonchev–Trinajstić information content (AvgIpc) is 3.40. The Bertz CT molecular complexity index is 1540. The lowest BCUT2D eigenvalue weighted by Gasteiger charge is -2.33. The molecule has 4 N–H and O–H groups in total. The van der Waals surface area contributed by atoms with Crippen molar-refractivity contribution in [3.63, 3.8) is 0 Å². The molecule has 1 aliphatic rings. The highest BCUT2D eigenvalue weighted by Crippen LogP contribution is 2.24. The number of rotatable bonds is 10. The molecule has 0 radical (unpaired) electrons. The Hall–Kier alpha value is -4.29. The molecule has 0 spiro atoms. The number of carbonyl (C=O) groups excluding carboxylic acids is 1. The molecule has 2 aromatic heterocycles. The number of aromatic nitrogens is 4. The SMILES string of the molecule is Cc1cn(C[C@H](NC(=O)OCc2ccccc2)C(=O)O)c(=O)nc1N1CCC(CNc2nc3ccccc3[nH]2)CC1.Cl.Cl. The van der Waals surface area contributed by atoms with Crippen molar-refractivity contribution in [2.24, 2.45) is 5.92 Å². The van der Waals surface area contributed by atoms with Gasteiger partial charge in [0, 0.05) is 31.4 Å². The number of ether oxygens (including phenoxy) is 1. The van der Waals surface area contributed by atoms with E-state index in [0.29, 0.717) is 11.7 Å². The molecule has 14 heteroatoms. The number of carboxylic acid groups (broad SMARTS) is 1. The summed E-state index contributed by atoms with van der Waals surface area (Å²) in [5, 5.41) is 15.4. The van der Waals surface area contributed by atoms with Crippen molar-refractivity contribution in [3.05, 3.63) is 82.4 Å². The number of carboxylic acids is 1. The Morgan fingerprint density at radius 3 is 2.47 bits per heavy atom. The van der Waals surface area contributed by atoms with Crippen molar-refractivity contribution in [2.75, 3.05) is 29.9 Å². The minimum Gasteiger partial charge on any atom is -0.480 e. The van der Waals surface area contributed by atoms with Gasteiger partial charge in [0.2, 0.25) is 5.95 Å². The zero-order chi connectivity index (χ0) is 28.8. The highest BCUT2D eigenvalue weighted by Gasteiger charge is 2.25. The third-order valence-electron chi connectivity index (χ3n) is 7.19. The largest absolute Gasteiger partial charge is 0.480 e. The molecule has 1 aliphatic heterocycles. The Morgan fingerprint density at radius 2 is 1.77 bits per heavy atom. The second kappa shape index (κ2) is 15.3. The van der Waals surface area contributed by atoms with Crippen LogP contribution in [0.3, 0.4) is 0 Å². The van der Waals surface area contributed by atoms with Crippen molar-refractivity contribution in [1.82, 2.24) is 24.8 Å². The summed E-state index contributed by atoms with van der Waals surface area (Å²) >= 11 is 0. The molecule has 0 saturated carbocycles. The summed E-state index contributed by atoms with van der Waals surface area (Å²) in [5.74, 6) is 0.517. The highest BCUT2D eigenvalue weighted by atomic mass is 35.5. The number of para-hydroxylation sites is 2. The predicted molar refractivity (Wildman–Crippen MR) is 168 cm³/mol. The number of H-pyrrole nitrogens is 1. The number of aromatic amines is 1. The molecule has 1 atom stereocenters. The van der Waals surface area contributed by atoms with E-state index in [1.807, 2.05) is 49.4 Å². The number of fused-ring (bicyclic) bond motifs is 1. The number of hydrogen-bond donors (Lipinski definition) is 4. The Morgan fingerprint density at radius 1 is 1.07 bits per heavy atom. The Labute approximate surface area is 260 Å². The average molecular weight is 633 g/mol.